The van der Waals surface area contributed by atoms with Crippen molar-refractivity contribution in [2.24, 2.45) is 0 Å². The standard InChI is InChI=1S/C27H26N2O4.H2/c1-17-13-21(8-9-22(17)18-5-4-6-19(14-18)25(30)29(2)3)28-26(31)27(11-12-27)20-7-10-23-24(15-20)33-16-32-23;/h4-10,13-15H,11-12,16H2,1-3H3,(H,28,31);1H. The van der Waals surface area contributed by atoms with Gasteiger partial charge in [-0.25, -0.2) is 0 Å². The summed E-state index contributed by atoms with van der Waals surface area (Å²) in [6, 6.07) is 19.2. The van der Waals surface area contributed by atoms with Gasteiger partial charge in [-0.15, -0.1) is 0 Å². The van der Waals surface area contributed by atoms with Crippen LogP contribution >= 0.6 is 0 Å². The number of aryl methyl sites for hydroxylation is 1. The van der Waals surface area contributed by atoms with E-state index in [0.717, 1.165) is 46.5 Å². The number of hydrogen-bond acceptors (Lipinski definition) is 4. The van der Waals surface area contributed by atoms with E-state index in [4.69, 9.17) is 9.47 Å². The number of fused-ring (bicyclic) bond motifs is 1. The highest BCUT2D eigenvalue weighted by Crippen LogP contribution is 2.51. The lowest BCUT2D eigenvalue weighted by Gasteiger charge is -2.17. The first-order valence-corrected chi connectivity index (χ1v) is 11.0. The van der Waals surface area contributed by atoms with Gasteiger partial charge >= 0.3 is 0 Å². The van der Waals surface area contributed by atoms with Crippen LogP contribution in [0.15, 0.2) is 60.7 Å². The van der Waals surface area contributed by atoms with Crippen molar-refractivity contribution in [1.82, 2.24) is 4.90 Å². The largest absolute Gasteiger partial charge is 0.454 e. The van der Waals surface area contributed by atoms with E-state index in [-0.39, 0.29) is 20.0 Å². The number of carbonyl (C=O) groups excluding carboxylic acids is 2. The molecule has 6 nitrogen and oxygen atoms in total. The second-order valence-electron chi connectivity index (χ2n) is 8.91. The van der Waals surface area contributed by atoms with Crippen LogP contribution in [0, 0.1) is 6.92 Å². The second-order valence-corrected chi connectivity index (χ2v) is 8.91. The molecule has 5 rings (SSSR count). The summed E-state index contributed by atoms with van der Waals surface area (Å²) in [6.07, 6.45) is 1.62. The Hall–Kier alpha value is -3.80. The number of hydrogen-bond donors (Lipinski definition) is 1. The van der Waals surface area contributed by atoms with Gasteiger partial charge in [0.05, 0.1) is 5.41 Å². The lowest BCUT2D eigenvalue weighted by molar-refractivity contribution is -0.118. The van der Waals surface area contributed by atoms with E-state index >= 15 is 0 Å². The maximum atomic E-state index is 13.2. The van der Waals surface area contributed by atoms with Crippen molar-refractivity contribution in [1.29, 1.82) is 0 Å². The Balaban J connectivity index is 0.00000274. The van der Waals surface area contributed by atoms with Crippen molar-refractivity contribution in [3.8, 4) is 22.6 Å². The third-order valence-electron chi connectivity index (χ3n) is 6.42. The van der Waals surface area contributed by atoms with Crippen molar-refractivity contribution in [3.63, 3.8) is 0 Å². The maximum Gasteiger partial charge on any atom is 0.253 e. The molecule has 170 valence electrons. The Morgan fingerprint density at radius 2 is 1.76 bits per heavy atom. The summed E-state index contributed by atoms with van der Waals surface area (Å²) in [5.74, 6) is 1.38. The lowest BCUT2D eigenvalue weighted by Crippen LogP contribution is -2.27. The zero-order valence-corrected chi connectivity index (χ0v) is 19.0. The summed E-state index contributed by atoms with van der Waals surface area (Å²) >= 11 is 0. The van der Waals surface area contributed by atoms with Crippen molar-refractivity contribution < 1.29 is 20.5 Å². The topological polar surface area (TPSA) is 67.9 Å². The first kappa shape index (κ1) is 21.1. The van der Waals surface area contributed by atoms with Crippen LogP contribution in [0.4, 0.5) is 5.69 Å². The zero-order chi connectivity index (χ0) is 23.2. The minimum atomic E-state index is -0.519. The van der Waals surface area contributed by atoms with Gasteiger partial charge in [0, 0.05) is 26.8 Å². The Morgan fingerprint density at radius 1 is 0.970 bits per heavy atom. The van der Waals surface area contributed by atoms with Gasteiger partial charge in [-0.3, -0.25) is 9.59 Å². The molecule has 6 heteroatoms. The molecule has 1 heterocycles. The van der Waals surface area contributed by atoms with Crippen LogP contribution in [-0.2, 0) is 10.2 Å². The van der Waals surface area contributed by atoms with Gasteiger partial charge in [-0.2, -0.15) is 0 Å². The minimum absolute atomic E-state index is 0. The zero-order valence-electron chi connectivity index (χ0n) is 19.0. The van der Waals surface area contributed by atoms with Crippen molar-refractivity contribution in [3.05, 3.63) is 77.4 Å². The molecule has 33 heavy (non-hydrogen) atoms. The van der Waals surface area contributed by atoms with E-state index in [1.165, 1.54) is 0 Å². The van der Waals surface area contributed by atoms with Gasteiger partial charge in [0.15, 0.2) is 11.5 Å². The second kappa shape index (κ2) is 7.96. The molecule has 3 aromatic carbocycles. The predicted octanol–water partition coefficient (Wildman–Crippen LogP) is 5.01. The van der Waals surface area contributed by atoms with Gasteiger partial charge in [-0.05, 0) is 78.4 Å². The smallest absolute Gasteiger partial charge is 0.253 e. The molecule has 2 amide bonds. The first-order valence-electron chi connectivity index (χ1n) is 11.0. The highest BCUT2D eigenvalue weighted by molar-refractivity contribution is 6.02. The van der Waals surface area contributed by atoms with E-state index in [1.807, 2.05) is 67.6 Å². The van der Waals surface area contributed by atoms with Crippen LogP contribution in [0.2, 0.25) is 0 Å². The number of carbonyl (C=O) groups is 2. The van der Waals surface area contributed by atoms with Crippen LogP contribution < -0.4 is 14.8 Å². The molecule has 0 radical (unpaired) electrons. The first-order chi connectivity index (χ1) is 15.9. The summed E-state index contributed by atoms with van der Waals surface area (Å²) < 4.78 is 10.9. The van der Waals surface area contributed by atoms with Gasteiger partial charge in [0.1, 0.15) is 0 Å². The fourth-order valence-electron chi connectivity index (χ4n) is 4.36. The number of amides is 2. The van der Waals surface area contributed by atoms with Crippen molar-refractivity contribution >= 4 is 17.5 Å². The molecular weight excluding hydrogens is 416 g/mol. The Bertz CT molecular complexity index is 1270. The maximum absolute atomic E-state index is 13.2. The quantitative estimate of drug-likeness (QED) is 0.601. The van der Waals surface area contributed by atoms with E-state index < -0.39 is 5.41 Å². The molecule has 0 aromatic heterocycles. The lowest BCUT2D eigenvalue weighted by atomic mass is 9.94. The molecule has 3 aromatic rings. The third-order valence-corrected chi connectivity index (χ3v) is 6.42. The average Bonchev–Trinajstić information content (AvgIpc) is 3.49. The number of nitrogens with zero attached hydrogens (tertiary/aromatic N) is 1. The molecule has 1 fully saturated rings. The normalized spacial score (nSPS) is 15.1. The highest BCUT2D eigenvalue weighted by atomic mass is 16.7. The summed E-state index contributed by atoms with van der Waals surface area (Å²) in [5.41, 5.74) is 4.86. The van der Waals surface area contributed by atoms with Gasteiger partial charge in [0.2, 0.25) is 12.7 Å². The number of nitrogens with one attached hydrogen (secondary N) is 1. The Morgan fingerprint density at radius 3 is 2.48 bits per heavy atom. The predicted molar refractivity (Wildman–Crippen MR) is 129 cm³/mol. The number of ether oxygens (including phenoxy) is 2. The van der Waals surface area contributed by atoms with Crippen LogP contribution in [0.25, 0.3) is 11.1 Å². The molecule has 0 saturated heterocycles. The highest BCUT2D eigenvalue weighted by Gasteiger charge is 2.51. The van der Waals surface area contributed by atoms with Crippen LogP contribution in [0.1, 0.15) is 35.8 Å². The molecule has 0 atom stereocenters. The Labute approximate surface area is 194 Å². The third kappa shape index (κ3) is 3.82. The van der Waals surface area contributed by atoms with Crippen LogP contribution in [-0.4, -0.2) is 37.6 Å². The molecule has 1 saturated carbocycles. The molecule has 2 aliphatic rings. The SMILES string of the molecule is Cc1cc(NC(=O)C2(c3ccc4c(c3)OCO4)CC2)ccc1-c1cccc(C(=O)N(C)C)c1.[HH]. The van der Waals surface area contributed by atoms with E-state index in [1.54, 1.807) is 19.0 Å². The molecule has 0 unspecified atom stereocenters. The molecule has 1 aliphatic heterocycles. The fourth-order valence-corrected chi connectivity index (χ4v) is 4.36. The van der Waals surface area contributed by atoms with Crippen LogP contribution in [0.3, 0.4) is 0 Å². The molecule has 0 bridgehead atoms. The fraction of sp³-hybridized carbons (Fsp3) is 0.259. The Kier molecular flexibility index (Phi) is 5.08. The van der Waals surface area contributed by atoms with Crippen LogP contribution in [0.5, 0.6) is 11.5 Å². The minimum Gasteiger partial charge on any atom is -0.454 e. The monoisotopic (exact) mass is 444 g/mol. The van der Waals surface area contributed by atoms with E-state index in [9.17, 15) is 9.59 Å². The summed E-state index contributed by atoms with van der Waals surface area (Å²) in [4.78, 5) is 27.1. The van der Waals surface area contributed by atoms with E-state index in [0.29, 0.717) is 11.3 Å². The summed E-state index contributed by atoms with van der Waals surface area (Å²) in [7, 11) is 3.49. The molecule has 1 aliphatic carbocycles. The van der Waals surface area contributed by atoms with Crippen molar-refractivity contribution in [2.45, 2.75) is 25.2 Å². The summed E-state index contributed by atoms with van der Waals surface area (Å²) in [5, 5.41) is 3.10. The van der Waals surface area contributed by atoms with Gasteiger partial charge < -0.3 is 19.7 Å². The molecule has 0 spiro atoms. The average molecular weight is 445 g/mol. The number of benzene rings is 3. The van der Waals surface area contributed by atoms with Gasteiger partial charge in [0.25, 0.3) is 5.91 Å². The number of rotatable bonds is 5. The molecule has 1 N–H and O–H groups in total. The summed E-state index contributed by atoms with van der Waals surface area (Å²) in [6.45, 7) is 2.23. The van der Waals surface area contributed by atoms with Crippen molar-refractivity contribution in [2.75, 3.05) is 26.2 Å². The number of anilines is 1. The van der Waals surface area contributed by atoms with E-state index in [2.05, 4.69) is 5.32 Å². The van der Waals surface area contributed by atoms with Gasteiger partial charge in [-0.1, -0.05) is 24.3 Å². The molecular formula is C27H28N2O4.